The molecule has 1 atom stereocenters. The molecule has 0 aromatic heterocycles. The van der Waals surface area contributed by atoms with Gasteiger partial charge >= 0.3 is 5.97 Å². The normalized spacial score (nSPS) is 20.2. The molecule has 134 valence electrons. The Kier molecular flexibility index (Phi) is 5.33. The number of carboxylic acid groups (broad SMARTS) is 1. The van der Waals surface area contributed by atoms with E-state index in [1.54, 1.807) is 23.1 Å². The molecule has 1 aromatic rings. The number of carboxylic acids is 1. The number of rotatable bonds is 7. The van der Waals surface area contributed by atoms with E-state index < -0.39 is 12.0 Å². The van der Waals surface area contributed by atoms with Gasteiger partial charge in [0.15, 0.2) is 0 Å². The zero-order valence-corrected chi connectivity index (χ0v) is 14.0. The van der Waals surface area contributed by atoms with Gasteiger partial charge < -0.3 is 15.7 Å². The van der Waals surface area contributed by atoms with Gasteiger partial charge in [-0.2, -0.15) is 0 Å². The average molecular weight is 345 g/mol. The van der Waals surface area contributed by atoms with Gasteiger partial charge in [0.1, 0.15) is 6.04 Å². The molecular weight excluding hydrogens is 322 g/mol. The quantitative estimate of drug-likeness (QED) is 0.677. The molecule has 1 aliphatic heterocycles. The van der Waals surface area contributed by atoms with Crippen molar-refractivity contribution in [2.45, 2.75) is 44.3 Å². The highest BCUT2D eigenvalue weighted by molar-refractivity contribution is 5.94. The Hall–Kier alpha value is -2.41. The number of nitrogens with zero attached hydrogens (tertiary/aromatic N) is 1. The van der Waals surface area contributed by atoms with E-state index in [1.807, 2.05) is 6.07 Å². The zero-order valence-electron chi connectivity index (χ0n) is 14.0. The summed E-state index contributed by atoms with van der Waals surface area (Å²) in [5, 5.41) is 14.9. The Morgan fingerprint density at radius 3 is 2.72 bits per heavy atom. The molecule has 2 fully saturated rings. The van der Waals surface area contributed by atoms with Gasteiger partial charge in [-0.05, 0) is 49.9 Å². The van der Waals surface area contributed by atoms with E-state index in [0.29, 0.717) is 31.1 Å². The molecule has 7 heteroatoms. The fourth-order valence-corrected chi connectivity index (χ4v) is 3.05. The first-order valence-corrected chi connectivity index (χ1v) is 8.66. The minimum absolute atomic E-state index is 0.0822. The number of hydrogen-bond acceptors (Lipinski definition) is 4. The molecule has 0 radical (unpaired) electrons. The first kappa shape index (κ1) is 17.4. The van der Waals surface area contributed by atoms with E-state index >= 15 is 0 Å². The van der Waals surface area contributed by atoms with Crippen molar-refractivity contribution < 1.29 is 19.5 Å². The Labute approximate surface area is 146 Å². The van der Waals surface area contributed by atoms with Crippen molar-refractivity contribution in [1.29, 1.82) is 0 Å². The van der Waals surface area contributed by atoms with Crippen molar-refractivity contribution >= 4 is 17.8 Å². The summed E-state index contributed by atoms with van der Waals surface area (Å²) in [6, 6.07) is 6.91. The SMILES string of the molecule is O=C(CN1CCCC1C(=O)O)NCc1cccc(C(=O)NC2CC2)c1. The van der Waals surface area contributed by atoms with Crippen molar-refractivity contribution in [1.82, 2.24) is 15.5 Å². The molecule has 3 rings (SSSR count). The summed E-state index contributed by atoms with van der Waals surface area (Å²) in [6.45, 7) is 1.02. The molecule has 1 unspecified atom stereocenters. The molecule has 1 saturated heterocycles. The highest BCUT2D eigenvalue weighted by Crippen LogP contribution is 2.19. The first-order chi connectivity index (χ1) is 12.0. The third kappa shape index (κ3) is 4.79. The molecule has 0 bridgehead atoms. The smallest absolute Gasteiger partial charge is 0.320 e. The fraction of sp³-hybridized carbons (Fsp3) is 0.500. The lowest BCUT2D eigenvalue weighted by atomic mass is 10.1. The van der Waals surface area contributed by atoms with E-state index in [2.05, 4.69) is 10.6 Å². The van der Waals surface area contributed by atoms with Crippen LogP contribution in [0.4, 0.5) is 0 Å². The van der Waals surface area contributed by atoms with Crippen molar-refractivity contribution in [2.75, 3.05) is 13.1 Å². The summed E-state index contributed by atoms with van der Waals surface area (Å²) in [6.07, 6.45) is 3.45. The maximum atomic E-state index is 12.1. The third-order valence-corrected chi connectivity index (χ3v) is 4.59. The van der Waals surface area contributed by atoms with Gasteiger partial charge in [0, 0.05) is 18.2 Å². The lowest BCUT2D eigenvalue weighted by Gasteiger charge is -2.20. The van der Waals surface area contributed by atoms with E-state index in [-0.39, 0.29) is 18.4 Å². The molecular formula is C18H23N3O4. The monoisotopic (exact) mass is 345 g/mol. The summed E-state index contributed by atoms with van der Waals surface area (Å²) in [4.78, 5) is 37.0. The second-order valence-corrected chi connectivity index (χ2v) is 6.69. The Morgan fingerprint density at radius 1 is 1.20 bits per heavy atom. The van der Waals surface area contributed by atoms with Crippen LogP contribution < -0.4 is 10.6 Å². The molecule has 1 aromatic carbocycles. The largest absolute Gasteiger partial charge is 0.480 e. The Morgan fingerprint density at radius 2 is 2.00 bits per heavy atom. The minimum atomic E-state index is -0.875. The van der Waals surface area contributed by atoms with Gasteiger partial charge in [-0.15, -0.1) is 0 Å². The Balaban J connectivity index is 1.50. The van der Waals surface area contributed by atoms with Crippen LogP contribution in [-0.4, -0.2) is 53.0 Å². The number of aliphatic carboxylic acids is 1. The molecule has 25 heavy (non-hydrogen) atoms. The highest BCUT2D eigenvalue weighted by atomic mass is 16.4. The van der Waals surface area contributed by atoms with Crippen LogP contribution in [-0.2, 0) is 16.1 Å². The summed E-state index contributed by atoms with van der Waals surface area (Å²) in [5.74, 6) is -1.17. The second kappa shape index (κ2) is 7.65. The van der Waals surface area contributed by atoms with Crippen LogP contribution in [0.3, 0.4) is 0 Å². The summed E-state index contributed by atoms with van der Waals surface area (Å²) in [5.41, 5.74) is 1.43. The number of benzene rings is 1. The standard InChI is InChI=1S/C18H23N3O4/c22-16(11-21-8-2-5-15(21)18(24)25)19-10-12-3-1-4-13(9-12)17(23)20-14-6-7-14/h1,3-4,9,14-15H,2,5-8,10-11H2,(H,19,22)(H,20,23)(H,24,25). The second-order valence-electron chi connectivity index (χ2n) is 6.69. The summed E-state index contributed by atoms with van der Waals surface area (Å²) < 4.78 is 0. The number of nitrogens with one attached hydrogen (secondary N) is 2. The average Bonchev–Trinajstić information content (AvgIpc) is 3.28. The van der Waals surface area contributed by atoms with E-state index in [4.69, 9.17) is 5.11 Å². The number of likely N-dealkylation sites (tertiary alicyclic amines) is 1. The highest BCUT2D eigenvalue weighted by Gasteiger charge is 2.31. The summed E-state index contributed by atoms with van der Waals surface area (Å²) in [7, 11) is 0. The van der Waals surface area contributed by atoms with Crippen LogP contribution >= 0.6 is 0 Å². The van der Waals surface area contributed by atoms with Crippen LogP contribution in [0, 0.1) is 0 Å². The van der Waals surface area contributed by atoms with Crippen molar-refractivity contribution in [3.8, 4) is 0 Å². The molecule has 2 amide bonds. The first-order valence-electron chi connectivity index (χ1n) is 8.66. The Bertz CT molecular complexity index is 672. The minimum Gasteiger partial charge on any atom is -0.480 e. The zero-order chi connectivity index (χ0) is 17.8. The lowest BCUT2D eigenvalue weighted by Crippen LogP contribution is -2.42. The van der Waals surface area contributed by atoms with Gasteiger partial charge in [-0.25, -0.2) is 0 Å². The van der Waals surface area contributed by atoms with Crippen molar-refractivity contribution in [2.24, 2.45) is 0 Å². The van der Waals surface area contributed by atoms with Crippen LogP contribution in [0.15, 0.2) is 24.3 Å². The van der Waals surface area contributed by atoms with Gasteiger partial charge in [-0.1, -0.05) is 12.1 Å². The molecule has 1 aliphatic carbocycles. The van der Waals surface area contributed by atoms with Gasteiger partial charge in [0.2, 0.25) is 5.91 Å². The third-order valence-electron chi connectivity index (χ3n) is 4.59. The molecule has 0 spiro atoms. The van der Waals surface area contributed by atoms with Crippen LogP contribution in [0.1, 0.15) is 41.6 Å². The van der Waals surface area contributed by atoms with Crippen LogP contribution in [0.2, 0.25) is 0 Å². The van der Waals surface area contributed by atoms with Gasteiger partial charge in [0.25, 0.3) is 5.91 Å². The van der Waals surface area contributed by atoms with E-state index in [1.165, 1.54) is 0 Å². The van der Waals surface area contributed by atoms with Crippen LogP contribution in [0.5, 0.6) is 0 Å². The summed E-state index contributed by atoms with van der Waals surface area (Å²) >= 11 is 0. The van der Waals surface area contributed by atoms with Gasteiger partial charge in [-0.3, -0.25) is 19.3 Å². The topological polar surface area (TPSA) is 98.7 Å². The molecule has 7 nitrogen and oxygen atoms in total. The number of amides is 2. The van der Waals surface area contributed by atoms with E-state index in [0.717, 1.165) is 24.8 Å². The molecule has 1 saturated carbocycles. The fourth-order valence-electron chi connectivity index (χ4n) is 3.05. The predicted octanol–water partition coefficient (Wildman–Crippen LogP) is 0.744. The lowest BCUT2D eigenvalue weighted by molar-refractivity contribution is -0.142. The van der Waals surface area contributed by atoms with Crippen LogP contribution in [0.25, 0.3) is 0 Å². The molecule has 1 heterocycles. The number of carbonyl (C=O) groups excluding carboxylic acids is 2. The maximum Gasteiger partial charge on any atom is 0.320 e. The van der Waals surface area contributed by atoms with E-state index in [9.17, 15) is 14.4 Å². The molecule has 3 N–H and O–H groups in total. The van der Waals surface area contributed by atoms with Crippen molar-refractivity contribution in [3.63, 3.8) is 0 Å². The predicted molar refractivity (Wildman–Crippen MR) is 91.0 cm³/mol. The van der Waals surface area contributed by atoms with Gasteiger partial charge in [0.05, 0.1) is 6.54 Å². The molecule has 2 aliphatic rings. The number of hydrogen-bond donors (Lipinski definition) is 3. The maximum absolute atomic E-state index is 12.1. The van der Waals surface area contributed by atoms with Crippen molar-refractivity contribution in [3.05, 3.63) is 35.4 Å². The number of carbonyl (C=O) groups is 3.